The molecule has 2 aliphatic heterocycles. The zero-order valence-corrected chi connectivity index (χ0v) is 23.1. The van der Waals surface area contributed by atoms with E-state index in [2.05, 4.69) is 41.0 Å². The summed E-state index contributed by atoms with van der Waals surface area (Å²) in [4.78, 5) is 13.1. The Morgan fingerprint density at radius 1 is 1.27 bits per heavy atom. The van der Waals surface area contributed by atoms with Gasteiger partial charge in [-0.05, 0) is 63.1 Å². The lowest BCUT2D eigenvalue weighted by molar-refractivity contribution is -0.205. The molecule has 2 heterocycles. The number of amides is 1. The van der Waals surface area contributed by atoms with Crippen molar-refractivity contribution in [2.75, 3.05) is 19.9 Å². The van der Waals surface area contributed by atoms with Crippen molar-refractivity contribution in [1.29, 1.82) is 0 Å². The molecular formula is C27H39ClN2O6S. The molecule has 0 saturated carbocycles. The molecule has 37 heavy (non-hydrogen) atoms. The number of benzene rings is 1. The number of nitrogens with one attached hydrogen (secondary N) is 2. The van der Waals surface area contributed by atoms with Crippen LogP contribution in [0.4, 0.5) is 0 Å². The maximum absolute atomic E-state index is 13.1. The minimum Gasteiger partial charge on any atom is -0.497 e. The molecule has 2 aliphatic rings. The fourth-order valence-electron chi connectivity index (χ4n) is 4.56. The first-order valence-electron chi connectivity index (χ1n) is 12.6. The highest BCUT2D eigenvalue weighted by molar-refractivity contribution is 7.99. The van der Waals surface area contributed by atoms with Crippen molar-refractivity contribution in [2.24, 2.45) is 0 Å². The van der Waals surface area contributed by atoms with Crippen LogP contribution in [0.2, 0.25) is 0 Å². The number of methoxy groups -OCH3 is 1. The molecular weight excluding hydrogens is 516 g/mol. The van der Waals surface area contributed by atoms with Gasteiger partial charge in [-0.15, -0.1) is 23.4 Å². The monoisotopic (exact) mass is 554 g/mol. The van der Waals surface area contributed by atoms with Crippen molar-refractivity contribution >= 4 is 29.3 Å². The fourth-order valence-corrected chi connectivity index (χ4v) is 5.45. The quantitative estimate of drug-likeness (QED) is 0.279. The van der Waals surface area contributed by atoms with Crippen LogP contribution in [-0.2, 0) is 16.0 Å². The summed E-state index contributed by atoms with van der Waals surface area (Å²) in [6, 6.07) is 6.85. The van der Waals surface area contributed by atoms with Gasteiger partial charge in [0.1, 0.15) is 35.6 Å². The number of rotatable bonds is 10. The van der Waals surface area contributed by atoms with Crippen molar-refractivity contribution in [1.82, 2.24) is 10.6 Å². The highest BCUT2D eigenvalue weighted by Gasteiger charge is 2.48. The number of hydrogen-bond donors (Lipinski definition) is 5. The summed E-state index contributed by atoms with van der Waals surface area (Å²) in [6.45, 7) is 2.35. The first-order chi connectivity index (χ1) is 17.7. The van der Waals surface area contributed by atoms with Crippen LogP contribution < -0.4 is 15.4 Å². The number of aryl methyl sites for hydroxylation is 1. The average Bonchev–Trinajstić information content (AvgIpc) is 3.15. The van der Waals surface area contributed by atoms with E-state index in [1.807, 2.05) is 12.1 Å². The molecule has 0 radical (unpaired) electrons. The van der Waals surface area contributed by atoms with E-state index in [0.29, 0.717) is 13.0 Å². The largest absolute Gasteiger partial charge is 0.497 e. The Bertz CT molecular complexity index is 926. The summed E-state index contributed by atoms with van der Waals surface area (Å²) in [5.41, 5.74) is 1.68. The molecule has 10 heteroatoms. The van der Waals surface area contributed by atoms with E-state index in [1.165, 1.54) is 22.9 Å². The third kappa shape index (κ3) is 8.20. The second-order valence-electron chi connectivity index (χ2n) is 9.45. The van der Waals surface area contributed by atoms with Gasteiger partial charge >= 0.3 is 0 Å². The van der Waals surface area contributed by atoms with E-state index in [1.54, 1.807) is 20.3 Å². The molecule has 3 rings (SSSR count). The van der Waals surface area contributed by atoms with Crippen LogP contribution in [-0.4, -0.2) is 88.4 Å². The third-order valence-corrected chi connectivity index (χ3v) is 7.95. The molecule has 1 aromatic rings. The van der Waals surface area contributed by atoms with E-state index >= 15 is 0 Å². The van der Waals surface area contributed by atoms with Crippen molar-refractivity contribution in [3.8, 4) is 5.75 Å². The summed E-state index contributed by atoms with van der Waals surface area (Å²) in [5, 5.41) is 36.6. The molecule has 0 bridgehead atoms. The highest BCUT2D eigenvalue weighted by Crippen LogP contribution is 2.30. The molecule has 1 aromatic carbocycles. The van der Waals surface area contributed by atoms with Gasteiger partial charge in [0.05, 0.1) is 24.6 Å². The predicted molar refractivity (Wildman–Crippen MR) is 147 cm³/mol. The molecule has 5 N–H and O–H groups in total. The van der Waals surface area contributed by atoms with Crippen molar-refractivity contribution in [2.45, 2.75) is 79.9 Å². The van der Waals surface area contributed by atoms with Crippen molar-refractivity contribution in [3.63, 3.8) is 0 Å². The van der Waals surface area contributed by atoms with Crippen LogP contribution in [0.15, 0.2) is 48.1 Å². The lowest BCUT2D eigenvalue weighted by Crippen LogP contribution is -2.65. The van der Waals surface area contributed by atoms with Crippen LogP contribution >= 0.6 is 23.4 Å². The predicted octanol–water partition coefficient (Wildman–Crippen LogP) is 2.15. The first kappa shape index (κ1) is 30.0. The number of halogens is 1. The van der Waals surface area contributed by atoms with Gasteiger partial charge in [-0.25, -0.2) is 0 Å². The number of aliphatic hydroxyl groups is 3. The zero-order chi connectivity index (χ0) is 26.9. The topological polar surface area (TPSA) is 120 Å². The number of carbonyl (C=O) groups is 1. The molecule has 3 unspecified atom stereocenters. The van der Waals surface area contributed by atoms with Gasteiger partial charge in [-0.2, -0.15) is 0 Å². The van der Waals surface area contributed by atoms with E-state index in [4.69, 9.17) is 21.1 Å². The minimum atomic E-state index is -1.40. The van der Waals surface area contributed by atoms with E-state index in [9.17, 15) is 20.1 Å². The SMILES string of the molecule is COc1ccc(CC/C=C/C2=CC[C@@H](C(=O)N[C@H]([C@H](C)Cl)[C@H]3OC(SC)[C@H](O)C(O)C3O)NCC2)cc1. The second kappa shape index (κ2) is 14.5. The van der Waals surface area contributed by atoms with Gasteiger partial charge < -0.3 is 35.4 Å². The van der Waals surface area contributed by atoms with Crippen LogP contribution in [0, 0.1) is 0 Å². The summed E-state index contributed by atoms with van der Waals surface area (Å²) in [6.07, 6.45) is 6.27. The molecule has 0 spiro atoms. The molecule has 206 valence electrons. The number of carbonyl (C=O) groups excluding carboxylic acids is 1. The Morgan fingerprint density at radius 3 is 2.65 bits per heavy atom. The first-order valence-corrected chi connectivity index (χ1v) is 14.4. The standard InChI is InChI=1S/C27H39ClN2O6S/c1-16(28)21(25-23(32)22(31)24(33)27(36-25)37-3)30-26(34)20-13-10-18(14-15-29-20)7-5-4-6-17-8-11-19(35-2)12-9-17/h5,7-12,16,20-25,27,29,31-33H,4,6,13-15H2,1-3H3,(H,30,34)/b7-5+/t16-,20-,21+,22?,23?,24+,25+,27?/m0/s1. The average molecular weight is 555 g/mol. The number of alkyl halides is 1. The van der Waals surface area contributed by atoms with Crippen LogP contribution in [0.1, 0.15) is 31.7 Å². The minimum absolute atomic E-state index is 0.254. The number of hydrogen-bond acceptors (Lipinski definition) is 8. The molecule has 8 nitrogen and oxygen atoms in total. The summed E-state index contributed by atoms with van der Waals surface area (Å²) >= 11 is 7.60. The Balaban J connectivity index is 1.55. The van der Waals surface area contributed by atoms with Crippen molar-refractivity contribution < 1.29 is 29.6 Å². The van der Waals surface area contributed by atoms with Crippen LogP contribution in [0.5, 0.6) is 5.75 Å². The smallest absolute Gasteiger partial charge is 0.237 e. The Labute approximate surface area is 228 Å². The number of thioether (sulfide) groups is 1. The molecule has 0 aliphatic carbocycles. The second-order valence-corrected chi connectivity index (χ2v) is 11.1. The zero-order valence-electron chi connectivity index (χ0n) is 21.5. The molecule has 1 fully saturated rings. The Morgan fingerprint density at radius 2 is 2.00 bits per heavy atom. The fraction of sp³-hybridized carbons (Fsp3) is 0.593. The Hall–Kier alpha value is -1.59. The van der Waals surface area contributed by atoms with E-state index < -0.39 is 47.3 Å². The number of ether oxygens (including phenoxy) is 2. The van der Waals surface area contributed by atoms with Gasteiger partial charge in [0.15, 0.2) is 0 Å². The van der Waals surface area contributed by atoms with Gasteiger partial charge in [0, 0.05) is 0 Å². The number of allylic oxidation sites excluding steroid dienone is 2. The molecule has 1 amide bonds. The molecule has 0 aromatic heterocycles. The summed E-state index contributed by atoms with van der Waals surface area (Å²) < 4.78 is 11.0. The maximum atomic E-state index is 13.1. The van der Waals surface area contributed by atoms with Crippen LogP contribution in [0.25, 0.3) is 0 Å². The van der Waals surface area contributed by atoms with Crippen LogP contribution in [0.3, 0.4) is 0 Å². The summed E-state index contributed by atoms with van der Waals surface area (Å²) in [7, 11) is 1.66. The van der Waals surface area contributed by atoms with Gasteiger partial charge in [-0.3, -0.25) is 4.79 Å². The molecule has 1 saturated heterocycles. The van der Waals surface area contributed by atoms with Gasteiger partial charge in [0.25, 0.3) is 0 Å². The number of aliphatic hydroxyl groups excluding tert-OH is 3. The van der Waals surface area contributed by atoms with Crippen molar-refractivity contribution in [3.05, 3.63) is 53.6 Å². The summed E-state index contributed by atoms with van der Waals surface area (Å²) in [5.74, 6) is 0.597. The lowest BCUT2D eigenvalue weighted by Gasteiger charge is -2.44. The lowest BCUT2D eigenvalue weighted by atomic mass is 9.93. The van der Waals surface area contributed by atoms with Gasteiger partial charge in [-0.1, -0.05) is 35.9 Å². The highest BCUT2D eigenvalue weighted by atomic mass is 35.5. The maximum Gasteiger partial charge on any atom is 0.237 e. The van der Waals surface area contributed by atoms with E-state index in [-0.39, 0.29) is 5.91 Å². The molecule has 8 atom stereocenters. The third-order valence-electron chi connectivity index (χ3n) is 6.82. The van der Waals surface area contributed by atoms with E-state index in [0.717, 1.165) is 25.0 Å². The Kier molecular flexibility index (Phi) is 11.8. The van der Waals surface area contributed by atoms with Gasteiger partial charge in [0.2, 0.25) is 5.91 Å². The normalized spacial score (nSPS) is 30.3.